The summed E-state index contributed by atoms with van der Waals surface area (Å²) in [6.45, 7) is 6.86. The maximum atomic E-state index is 6.13. The number of hydrogen-bond acceptors (Lipinski definition) is 3. The molecule has 1 aromatic carbocycles. The minimum Gasteiger partial charge on any atom is -0.488 e. The lowest BCUT2D eigenvalue weighted by molar-refractivity contribution is 0.131. The van der Waals surface area contributed by atoms with Gasteiger partial charge < -0.3 is 16.2 Å². The fourth-order valence-corrected chi connectivity index (χ4v) is 1.81. The van der Waals surface area contributed by atoms with Crippen LogP contribution in [0.4, 0.5) is 0 Å². The lowest BCUT2D eigenvalue weighted by Crippen LogP contribution is -2.22. The van der Waals surface area contributed by atoms with Crippen LogP contribution in [0.15, 0.2) is 24.3 Å². The van der Waals surface area contributed by atoms with Crippen LogP contribution in [-0.4, -0.2) is 12.1 Å². The zero-order chi connectivity index (χ0) is 13.6. The third-order valence-corrected chi connectivity index (χ3v) is 2.70. The van der Waals surface area contributed by atoms with Gasteiger partial charge in [-0.25, -0.2) is 0 Å². The molecular formula is C15H26N2O. The van der Waals surface area contributed by atoms with E-state index < -0.39 is 0 Å². The Bertz CT molecular complexity index is 341. The van der Waals surface area contributed by atoms with E-state index >= 15 is 0 Å². The fraction of sp³-hybridized carbons (Fsp3) is 0.600. The van der Waals surface area contributed by atoms with E-state index in [4.69, 9.17) is 16.2 Å². The van der Waals surface area contributed by atoms with Crippen LogP contribution in [-0.2, 0) is 0 Å². The average Bonchev–Trinajstić information content (AvgIpc) is 2.28. The first-order valence-electron chi connectivity index (χ1n) is 6.67. The number of nitrogens with two attached hydrogens (primary N) is 2. The number of ether oxygens (including phenoxy) is 1. The molecule has 102 valence electrons. The van der Waals surface area contributed by atoms with E-state index in [0.29, 0.717) is 0 Å². The smallest absolute Gasteiger partial charge is 0.120 e. The maximum Gasteiger partial charge on any atom is 0.120 e. The highest BCUT2D eigenvalue weighted by molar-refractivity contribution is 5.29. The minimum absolute atomic E-state index is 0.0974. The summed E-state index contributed by atoms with van der Waals surface area (Å²) in [5.41, 5.74) is 12.6. The third-order valence-electron chi connectivity index (χ3n) is 2.70. The van der Waals surface area contributed by atoms with Crippen molar-refractivity contribution in [1.82, 2.24) is 0 Å². The van der Waals surface area contributed by atoms with Gasteiger partial charge in [0.05, 0.1) is 0 Å². The molecule has 0 aliphatic heterocycles. The second-order valence-corrected chi connectivity index (χ2v) is 5.67. The van der Waals surface area contributed by atoms with Crippen molar-refractivity contribution in [2.24, 2.45) is 11.5 Å². The summed E-state index contributed by atoms with van der Waals surface area (Å²) in [4.78, 5) is 0. The average molecular weight is 250 g/mol. The van der Waals surface area contributed by atoms with Gasteiger partial charge in [0.25, 0.3) is 0 Å². The minimum atomic E-state index is -0.162. The zero-order valence-corrected chi connectivity index (χ0v) is 11.8. The SMILES string of the molecule is CC(C)(C)Oc1ccc([C@H](N)CCCCN)cc1. The topological polar surface area (TPSA) is 61.3 Å². The van der Waals surface area contributed by atoms with Crippen molar-refractivity contribution in [3.8, 4) is 5.75 Å². The molecule has 0 aliphatic rings. The van der Waals surface area contributed by atoms with Gasteiger partial charge in [0, 0.05) is 6.04 Å². The molecule has 1 atom stereocenters. The zero-order valence-electron chi connectivity index (χ0n) is 11.8. The van der Waals surface area contributed by atoms with Gasteiger partial charge in [0.1, 0.15) is 11.4 Å². The second-order valence-electron chi connectivity index (χ2n) is 5.67. The van der Waals surface area contributed by atoms with Gasteiger partial charge in [-0.2, -0.15) is 0 Å². The Kier molecular flexibility index (Phi) is 5.63. The van der Waals surface area contributed by atoms with Gasteiger partial charge in [-0.3, -0.25) is 0 Å². The van der Waals surface area contributed by atoms with Crippen molar-refractivity contribution < 1.29 is 4.74 Å². The number of benzene rings is 1. The van der Waals surface area contributed by atoms with Gasteiger partial charge in [0.15, 0.2) is 0 Å². The molecule has 1 aromatic rings. The van der Waals surface area contributed by atoms with Crippen LogP contribution in [0.5, 0.6) is 5.75 Å². The maximum absolute atomic E-state index is 6.13. The molecule has 3 heteroatoms. The quantitative estimate of drug-likeness (QED) is 0.763. The molecular weight excluding hydrogens is 224 g/mol. The fourth-order valence-electron chi connectivity index (χ4n) is 1.81. The van der Waals surface area contributed by atoms with E-state index in [0.717, 1.165) is 37.1 Å². The summed E-state index contributed by atoms with van der Waals surface area (Å²) in [7, 11) is 0. The van der Waals surface area contributed by atoms with E-state index in [9.17, 15) is 0 Å². The Hall–Kier alpha value is -1.06. The third kappa shape index (κ3) is 5.52. The van der Waals surface area contributed by atoms with Crippen LogP contribution in [0.1, 0.15) is 51.6 Å². The Balaban J connectivity index is 2.54. The lowest BCUT2D eigenvalue weighted by Gasteiger charge is -2.21. The summed E-state index contributed by atoms with van der Waals surface area (Å²) in [5, 5.41) is 0. The highest BCUT2D eigenvalue weighted by Crippen LogP contribution is 2.22. The van der Waals surface area contributed by atoms with Gasteiger partial charge in [-0.15, -0.1) is 0 Å². The van der Waals surface area contributed by atoms with Gasteiger partial charge >= 0.3 is 0 Å². The van der Waals surface area contributed by atoms with Crippen molar-refractivity contribution in [2.45, 2.75) is 51.7 Å². The van der Waals surface area contributed by atoms with Gasteiger partial charge in [-0.1, -0.05) is 18.6 Å². The second kappa shape index (κ2) is 6.76. The molecule has 0 aromatic heterocycles. The first-order chi connectivity index (χ1) is 8.42. The van der Waals surface area contributed by atoms with Crippen molar-refractivity contribution in [2.75, 3.05) is 6.54 Å². The molecule has 3 nitrogen and oxygen atoms in total. The van der Waals surface area contributed by atoms with Crippen LogP contribution in [0.2, 0.25) is 0 Å². The van der Waals surface area contributed by atoms with Crippen molar-refractivity contribution in [3.05, 3.63) is 29.8 Å². The van der Waals surface area contributed by atoms with E-state index in [1.807, 2.05) is 45.0 Å². The molecule has 0 bridgehead atoms. The van der Waals surface area contributed by atoms with Crippen molar-refractivity contribution >= 4 is 0 Å². The molecule has 0 spiro atoms. The Morgan fingerprint density at radius 1 is 1.11 bits per heavy atom. The first-order valence-corrected chi connectivity index (χ1v) is 6.67. The Morgan fingerprint density at radius 2 is 1.72 bits per heavy atom. The molecule has 0 saturated heterocycles. The molecule has 0 heterocycles. The van der Waals surface area contributed by atoms with E-state index in [2.05, 4.69) is 0 Å². The lowest BCUT2D eigenvalue weighted by atomic mass is 10.0. The normalized spacial score (nSPS) is 13.4. The standard InChI is InChI=1S/C15H26N2O/c1-15(2,3)18-13-9-7-12(8-10-13)14(17)6-4-5-11-16/h7-10,14H,4-6,11,16-17H2,1-3H3/t14-/m1/s1. The van der Waals surface area contributed by atoms with Crippen LogP contribution in [0.3, 0.4) is 0 Å². The molecule has 0 saturated carbocycles. The molecule has 0 aliphatic carbocycles. The molecule has 0 amide bonds. The summed E-state index contributed by atoms with van der Waals surface area (Å²) in [5.74, 6) is 0.889. The first kappa shape index (κ1) is 15.0. The van der Waals surface area contributed by atoms with Gasteiger partial charge in [0.2, 0.25) is 0 Å². The predicted octanol–water partition coefficient (Wildman–Crippen LogP) is 2.99. The van der Waals surface area contributed by atoms with Crippen LogP contribution >= 0.6 is 0 Å². The monoisotopic (exact) mass is 250 g/mol. The largest absolute Gasteiger partial charge is 0.488 e. The van der Waals surface area contributed by atoms with Gasteiger partial charge in [-0.05, 0) is 57.9 Å². The predicted molar refractivity (Wildman–Crippen MR) is 76.7 cm³/mol. The van der Waals surface area contributed by atoms with E-state index in [-0.39, 0.29) is 11.6 Å². The molecule has 0 fully saturated rings. The van der Waals surface area contributed by atoms with E-state index in [1.54, 1.807) is 0 Å². The summed E-state index contributed by atoms with van der Waals surface area (Å²) >= 11 is 0. The van der Waals surface area contributed by atoms with Crippen LogP contribution in [0, 0.1) is 0 Å². The summed E-state index contributed by atoms with van der Waals surface area (Å²) in [6.07, 6.45) is 3.10. The van der Waals surface area contributed by atoms with Crippen molar-refractivity contribution in [3.63, 3.8) is 0 Å². The van der Waals surface area contributed by atoms with Crippen LogP contribution < -0.4 is 16.2 Å². The Labute approximate surface area is 111 Å². The molecule has 1 rings (SSSR count). The highest BCUT2D eigenvalue weighted by Gasteiger charge is 2.12. The highest BCUT2D eigenvalue weighted by atomic mass is 16.5. The molecule has 4 N–H and O–H groups in total. The number of unbranched alkanes of at least 4 members (excludes halogenated alkanes) is 1. The Morgan fingerprint density at radius 3 is 2.22 bits per heavy atom. The molecule has 0 radical (unpaired) electrons. The molecule has 0 unspecified atom stereocenters. The van der Waals surface area contributed by atoms with Crippen molar-refractivity contribution in [1.29, 1.82) is 0 Å². The van der Waals surface area contributed by atoms with Crippen LogP contribution in [0.25, 0.3) is 0 Å². The summed E-state index contributed by atoms with van der Waals surface area (Å²) in [6, 6.07) is 8.18. The molecule has 18 heavy (non-hydrogen) atoms. The summed E-state index contributed by atoms with van der Waals surface area (Å²) < 4.78 is 5.78. The van der Waals surface area contributed by atoms with E-state index in [1.165, 1.54) is 0 Å². The number of rotatable bonds is 6. The number of hydrogen-bond donors (Lipinski definition) is 2.